The van der Waals surface area contributed by atoms with Crippen LogP contribution in [0.15, 0.2) is 66.2 Å². The van der Waals surface area contributed by atoms with Crippen LogP contribution in [-0.2, 0) is 13.1 Å². The third kappa shape index (κ3) is 4.49. The molecule has 0 spiro atoms. The average molecular weight is 381 g/mol. The molecule has 0 bridgehead atoms. The summed E-state index contributed by atoms with van der Waals surface area (Å²) >= 11 is 0. The molecule has 2 aromatic carbocycles. The van der Waals surface area contributed by atoms with Gasteiger partial charge in [0.05, 0.1) is 19.1 Å². The van der Waals surface area contributed by atoms with E-state index in [-0.39, 0.29) is 5.82 Å². The Bertz CT molecular complexity index is 940. The van der Waals surface area contributed by atoms with E-state index >= 15 is 0 Å². The second-order valence-electron chi connectivity index (χ2n) is 6.32. The van der Waals surface area contributed by atoms with E-state index < -0.39 is 0 Å². The van der Waals surface area contributed by atoms with E-state index in [2.05, 4.69) is 15.3 Å². The molecule has 3 rings (SSSR count). The van der Waals surface area contributed by atoms with Gasteiger partial charge in [-0.2, -0.15) is 0 Å². The molecule has 0 atom stereocenters. The van der Waals surface area contributed by atoms with Crippen LogP contribution in [0.25, 0.3) is 5.69 Å². The molecule has 0 saturated heterocycles. The Labute approximate surface area is 164 Å². The Morgan fingerprint density at radius 1 is 1.29 bits per heavy atom. The number of hydrogen-bond donors (Lipinski definition) is 1. The van der Waals surface area contributed by atoms with E-state index in [1.807, 2.05) is 42.3 Å². The van der Waals surface area contributed by atoms with Crippen molar-refractivity contribution >= 4 is 5.96 Å². The summed E-state index contributed by atoms with van der Waals surface area (Å²) in [6.07, 6.45) is 4.91. The highest BCUT2D eigenvalue weighted by molar-refractivity contribution is 5.79. The van der Waals surface area contributed by atoms with Gasteiger partial charge < -0.3 is 19.5 Å². The SMILES string of the molecule is CN=C(NCc1ccc(-n2ccnc2)c(F)c1)N(C)Cc1ccccc1OC. The number of hydrogen-bond acceptors (Lipinski definition) is 3. The quantitative estimate of drug-likeness (QED) is 0.526. The van der Waals surface area contributed by atoms with Crippen LogP contribution in [0.1, 0.15) is 11.1 Å². The summed E-state index contributed by atoms with van der Waals surface area (Å²) in [5.74, 6) is 1.25. The van der Waals surface area contributed by atoms with Crippen LogP contribution in [0.4, 0.5) is 4.39 Å². The third-order valence-electron chi connectivity index (χ3n) is 4.42. The lowest BCUT2D eigenvalue weighted by molar-refractivity contribution is 0.396. The minimum atomic E-state index is -0.297. The first-order valence-corrected chi connectivity index (χ1v) is 8.93. The van der Waals surface area contributed by atoms with Gasteiger partial charge in [0.25, 0.3) is 0 Å². The normalized spacial score (nSPS) is 11.4. The minimum absolute atomic E-state index is 0.297. The molecule has 0 aliphatic carbocycles. The molecule has 0 saturated carbocycles. The molecular weight excluding hydrogens is 357 g/mol. The lowest BCUT2D eigenvalue weighted by Gasteiger charge is -2.23. The smallest absolute Gasteiger partial charge is 0.193 e. The van der Waals surface area contributed by atoms with Crippen molar-refractivity contribution in [3.63, 3.8) is 0 Å². The van der Waals surface area contributed by atoms with Gasteiger partial charge in [-0.05, 0) is 23.8 Å². The maximum absolute atomic E-state index is 14.4. The van der Waals surface area contributed by atoms with E-state index in [4.69, 9.17) is 4.74 Å². The van der Waals surface area contributed by atoms with Crippen LogP contribution in [0.5, 0.6) is 5.75 Å². The predicted octanol–water partition coefficient (Wildman–Crippen LogP) is 3.23. The summed E-state index contributed by atoms with van der Waals surface area (Å²) in [7, 11) is 5.34. The number of nitrogens with zero attached hydrogens (tertiary/aromatic N) is 4. The molecule has 0 radical (unpaired) electrons. The van der Waals surface area contributed by atoms with Crippen molar-refractivity contribution in [1.82, 2.24) is 19.8 Å². The van der Waals surface area contributed by atoms with E-state index in [1.54, 1.807) is 43.5 Å². The van der Waals surface area contributed by atoms with E-state index in [0.717, 1.165) is 16.9 Å². The average Bonchev–Trinajstić information content (AvgIpc) is 3.23. The van der Waals surface area contributed by atoms with Gasteiger partial charge in [0.2, 0.25) is 0 Å². The second-order valence-corrected chi connectivity index (χ2v) is 6.32. The van der Waals surface area contributed by atoms with E-state index in [0.29, 0.717) is 24.7 Å². The number of para-hydroxylation sites is 1. The molecule has 0 fully saturated rings. The fraction of sp³-hybridized carbons (Fsp3) is 0.238. The molecule has 1 N–H and O–H groups in total. The maximum Gasteiger partial charge on any atom is 0.193 e. The number of aliphatic imine (C=N–C) groups is 1. The van der Waals surface area contributed by atoms with Crippen molar-refractivity contribution < 1.29 is 9.13 Å². The molecular formula is C21H24FN5O. The van der Waals surface area contributed by atoms with Gasteiger partial charge >= 0.3 is 0 Å². The lowest BCUT2D eigenvalue weighted by atomic mass is 10.2. The molecule has 0 aliphatic rings. The highest BCUT2D eigenvalue weighted by Crippen LogP contribution is 2.19. The summed E-state index contributed by atoms with van der Waals surface area (Å²) < 4.78 is 21.5. The topological polar surface area (TPSA) is 54.7 Å². The molecule has 3 aromatic rings. The van der Waals surface area contributed by atoms with E-state index in [9.17, 15) is 4.39 Å². The van der Waals surface area contributed by atoms with Crippen LogP contribution in [0.3, 0.4) is 0 Å². The fourth-order valence-corrected chi connectivity index (χ4v) is 3.00. The Kier molecular flexibility index (Phi) is 6.26. The van der Waals surface area contributed by atoms with Gasteiger partial charge in [0.1, 0.15) is 11.6 Å². The zero-order chi connectivity index (χ0) is 19.9. The van der Waals surface area contributed by atoms with Crippen molar-refractivity contribution in [2.24, 2.45) is 4.99 Å². The number of aromatic nitrogens is 2. The first kappa shape index (κ1) is 19.4. The lowest BCUT2D eigenvalue weighted by Crippen LogP contribution is -2.38. The molecule has 1 heterocycles. The maximum atomic E-state index is 14.4. The van der Waals surface area contributed by atoms with Crippen LogP contribution < -0.4 is 10.1 Å². The highest BCUT2D eigenvalue weighted by atomic mass is 19.1. The molecule has 28 heavy (non-hydrogen) atoms. The summed E-state index contributed by atoms with van der Waals surface area (Å²) in [5, 5.41) is 3.27. The first-order valence-electron chi connectivity index (χ1n) is 8.93. The third-order valence-corrected chi connectivity index (χ3v) is 4.42. The van der Waals surface area contributed by atoms with Crippen molar-refractivity contribution in [2.75, 3.05) is 21.2 Å². The van der Waals surface area contributed by atoms with Gasteiger partial charge in [-0.3, -0.25) is 4.99 Å². The first-order chi connectivity index (χ1) is 13.6. The fourth-order valence-electron chi connectivity index (χ4n) is 3.00. The summed E-state index contributed by atoms with van der Waals surface area (Å²) in [4.78, 5) is 10.3. The molecule has 146 valence electrons. The van der Waals surface area contributed by atoms with Gasteiger partial charge in [0, 0.05) is 45.1 Å². The molecule has 6 nitrogen and oxygen atoms in total. The number of benzene rings is 2. The number of halogens is 1. The number of guanidine groups is 1. The summed E-state index contributed by atoms with van der Waals surface area (Å²) in [6.45, 7) is 1.10. The largest absolute Gasteiger partial charge is 0.496 e. The predicted molar refractivity (Wildman–Crippen MR) is 108 cm³/mol. The van der Waals surface area contributed by atoms with Crippen molar-refractivity contribution in [3.8, 4) is 11.4 Å². The Balaban J connectivity index is 1.64. The van der Waals surface area contributed by atoms with Gasteiger partial charge in [-0.25, -0.2) is 9.37 Å². The van der Waals surface area contributed by atoms with Crippen molar-refractivity contribution in [1.29, 1.82) is 0 Å². The van der Waals surface area contributed by atoms with Crippen molar-refractivity contribution in [3.05, 3.63) is 78.1 Å². The Morgan fingerprint density at radius 2 is 2.11 bits per heavy atom. The number of ether oxygens (including phenoxy) is 1. The molecule has 1 aromatic heterocycles. The molecule has 0 unspecified atom stereocenters. The van der Waals surface area contributed by atoms with Crippen LogP contribution >= 0.6 is 0 Å². The standard InChI is InChI=1S/C21H24FN5O/c1-23-21(26(2)14-17-6-4-5-7-20(17)28-3)25-13-16-8-9-19(18(22)12-16)27-11-10-24-15-27/h4-12,15H,13-14H2,1-3H3,(H,23,25). The van der Waals surface area contributed by atoms with Gasteiger partial charge in [-0.1, -0.05) is 24.3 Å². The summed E-state index contributed by atoms with van der Waals surface area (Å²) in [5.41, 5.74) is 2.36. The number of methoxy groups -OCH3 is 1. The van der Waals surface area contributed by atoms with Crippen molar-refractivity contribution in [2.45, 2.75) is 13.1 Å². The van der Waals surface area contributed by atoms with E-state index in [1.165, 1.54) is 6.07 Å². The zero-order valence-electron chi connectivity index (χ0n) is 16.3. The molecule has 0 aliphatic heterocycles. The van der Waals surface area contributed by atoms with Gasteiger partial charge in [0.15, 0.2) is 5.96 Å². The second kappa shape index (κ2) is 9.03. The highest BCUT2D eigenvalue weighted by Gasteiger charge is 2.11. The van der Waals surface area contributed by atoms with Crippen LogP contribution in [-0.4, -0.2) is 41.6 Å². The Morgan fingerprint density at radius 3 is 2.79 bits per heavy atom. The molecule has 0 amide bonds. The molecule has 7 heteroatoms. The number of imidazole rings is 1. The number of rotatable bonds is 6. The number of nitrogens with one attached hydrogen (secondary N) is 1. The van der Waals surface area contributed by atoms with Crippen LogP contribution in [0, 0.1) is 5.82 Å². The monoisotopic (exact) mass is 381 g/mol. The van der Waals surface area contributed by atoms with Gasteiger partial charge in [-0.15, -0.1) is 0 Å². The summed E-state index contributed by atoms with van der Waals surface area (Å²) in [6, 6.07) is 13.0. The van der Waals surface area contributed by atoms with Crippen LogP contribution in [0.2, 0.25) is 0 Å². The minimum Gasteiger partial charge on any atom is -0.496 e. The zero-order valence-corrected chi connectivity index (χ0v) is 16.3. The Hall–Kier alpha value is -3.35.